The van der Waals surface area contributed by atoms with Gasteiger partial charge in [0.05, 0.1) is 55.6 Å². The van der Waals surface area contributed by atoms with Gasteiger partial charge in [0.15, 0.2) is 43.5 Å². The van der Waals surface area contributed by atoms with Gasteiger partial charge in [0.25, 0.3) is 0 Å². The zero-order chi connectivity index (χ0) is 67.4. The molecule has 5 heterocycles. The van der Waals surface area contributed by atoms with Crippen molar-refractivity contribution in [3.05, 3.63) is 11.6 Å². The molecule has 0 spiro atoms. The van der Waals surface area contributed by atoms with Crippen LogP contribution in [0.5, 0.6) is 0 Å². The van der Waals surface area contributed by atoms with Gasteiger partial charge in [-0.05, 0) is 113 Å². The summed E-state index contributed by atoms with van der Waals surface area (Å²) >= 11 is 0. The number of carboxylic acids is 1. The minimum atomic E-state index is -2.05. The number of carboxylic acid groups (broad SMARTS) is 1. The Kier molecular flexibility index (Phi) is 20.6. The summed E-state index contributed by atoms with van der Waals surface area (Å²) in [6.45, 7) is 12.7. The number of aliphatic hydroxyl groups excluding tert-OH is 13. The monoisotopic (exact) mass is 1320 g/mol. The standard InChI is InChI=1S/C62H96O30/c1-24-44(88-51-43(77)46(32(69)22-82-51)89-50-40(74)36(70)31(68)21-81-50)39(73)42(76)52(83-24)90-48-47(86-27(4)66)45(85-26(3)65)25(2)84-54(48)92-56(80)61-15-14-57(5,6)18-29(61)28-10-11-34-58(7)19-30(67)49(91-53-41(75)38(72)37(71)33(20-63)87-53)60(9,55(78)79)35(58)12-13-59(34,8)62(28,23-64)17-16-61/h10,24-25,29-54,63-64,67-77H,11-23H2,1-9H3,(H,78,79)/t24-,25+,29+,30+,31-,32-,33-,34-,35-,36+,37-,38+,39-,40-,41-,42+,43-,44-,45-,46+,47-,48+,49+,50+,51+,52-,53+,54-,58-,59-,60+,61+,62+/m1/s1. The molecule has 33 atom stereocenters. The Morgan fingerprint density at radius 3 is 1.75 bits per heavy atom. The van der Waals surface area contributed by atoms with Gasteiger partial charge in [-0.1, -0.05) is 39.3 Å². The Balaban J connectivity index is 0.917. The highest BCUT2D eigenvalue weighted by Gasteiger charge is 2.74. The van der Waals surface area contributed by atoms with Crippen LogP contribution in [0.15, 0.2) is 11.6 Å². The number of hydrogen-bond acceptors (Lipinski definition) is 29. The highest BCUT2D eigenvalue weighted by molar-refractivity contribution is 5.79. The number of rotatable bonds is 15. The van der Waals surface area contributed by atoms with E-state index in [0.717, 1.165) is 19.4 Å². The zero-order valence-corrected chi connectivity index (χ0v) is 53.2. The largest absolute Gasteiger partial charge is 0.481 e. The number of aliphatic carboxylic acids is 1. The minimum Gasteiger partial charge on any atom is -0.481 e. The summed E-state index contributed by atoms with van der Waals surface area (Å²) in [5, 5.41) is 154. The van der Waals surface area contributed by atoms with Crippen molar-refractivity contribution in [1.82, 2.24) is 0 Å². The second kappa shape index (κ2) is 26.5. The van der Waals surface area contributed by atoms with Crippen molar-refractivity contribution in [1.29, 1.82) is 0 Å². The van der Waals surface area contributed by atoms with Crippen molar-refractivity contribution in [2.75, 3.05) is 26.4 Å². The summed E-state index contributed by atoms with van der Waals surface area (Å²) in [4.78, 5) is 55.5. The van der Waals surface area contributed by atoms with E-state index in [9.17, 15) is 85.9 Å². The highest BCUT2D eigenvalue weighted by atomic mass is 16.8. The summed E-state index contributed by atoms with van der Waals surface area (Å²) in [5.41, 5.74) is -5.43. The minimum absolute atomic E-state index is 0.0120. The number of carbonyl (C=O) groups is 4. The highest BCUT2D eigenvalue weighted by Crippen LogP contribution is 2.76. The average Bonchev–Trinajstić information content (AvgIpc) is 0.671. The summed E-state index contributed by atoms with van der Waals surface area (Å²) in [5.74, 6) is -5.39. The van der Waals surface area contributed by atoms with Crippen molar-refractivity contribution >= 4 is 23.9 Å². The number of allylic oxidation sites excluding steroid dienone is 1. The molecule has 4 saturated carbocycles. The van der Waals surface area contributed by atoms with Gasteiger partial charge in [0.1, 0.15) is 85.5 Å². The zero-order valence-electron chi connectivity index (χ0n) is 53.2. The molecule has 0 aromatic rings. The predicted molar refractivity (Wildman–Crippen MR) is 304 cm³/mol. The van der Waals surface area contributed by atoms with E-state index in [0.29, 0.717) is 32.1 Å². The molecular formula is C62H96O30. The molecule has 5 saturated heterocycles. The smallest absolute Gasteiger partial charge is 0.315 e. The van der Waals surface area contributed by atoms with E-state index in [-0.39, 0.29) is 43.6 Å². The normalized spacial score (nSPS) is 51.7. The van der Waals surface area contributed by atoms with Crippen LogP contribution in [0.25, 0.3) is 0 Å². The third-order valence-electron chi connectivity index (χ3n) is 23.2. The lowest BCUT2D eigenvalue weighted by Crippen LogP contribution is -2.71. The van der Waals surface area contributed by atoms with Crippen molar-refractivity contribution in [2.45, 2.75) is 274 Å². The maximum absolute atomic E-state index is 15.9. The Hall–Kier alpha value is -3.26. The van der Waals surface area contributed by atoms with Gasteiger partial charge in [-0.15, -0.1) is 0 Å². The van der Waals surface area contributed by atoms with Crippen LogP contribution in [0.1, 0.15) is 120 Å². The molecular weight excluding hydrogens is 1220 g/mol. The number of fused-ring (bicyclic) bond motifs is 7. The molecule has 9 fully saturated rings. The molecule has 92 heavy (non-hydrogen) atoms. The quantitative estimate of drug-likeness (QED) is 0.0343. The fraction of sp³-hybridized carbons (Fsp3) is 0.903. The predicted octanol–water partition coefficient (Wildman–Crippen LogP) is -2.73. The summed E-state index contributed by atoms with van der Waals surface area (Å²) in [6.07, 6.45) is -36.4. The van der Waals surface area contributed by atoms with Crippen LogP contribution in [-0.2, 0) is 76.0 Å². The Labute approximate surface area is 531 Å². The third-order valence-corrected chi connectivity index (χ3v) is 23.2. The molecule has 0 bridgehead atoms. The van der Waals surface area contributed by atoms with Crippen LogP contribution in [-0.4, -0.2) is 275 Å². The molecule has 5 aliphatic carbocycles. The van der Waals surface area contributed by atoms with Crippen LogP contribution in [0.2, 0.25) is 0 Å². The second-order valence-electron chi connectivity index (χ2n) is 29.2. The number of hydrogen-bond donors (Lipinski definition) is 14. The Bertz CT molecular complexity index is 2700. The maximum atomic E-state index is 15.9. The van der Waals surface area contributed by atoms with Gasteiger partial charge >= 0.3 is 23.9 Å². The molecule has 14 N–H and O–H groups in total. The summed E-state index contributed by atoms with van der Waals surface area (Å²) < 4.78 is 71.4. The van der Waals surface area contributed by atoms with Gasteiger partial charge in [0, 0.05) is 19.3 Å². The average molecular weight is 1320 g/mol. The topological polar surface area (TPSA) is 462 Å². The number of aliphatic hydroxyl groups is 13. The molecule has 0 amide bonds. The van der Waals surface area contributed by atoms with E-state index in [1.54, 1.807) is 0 Å². The lowest BCUT2D eigenvalue weighted by molar-refractivity contribution is -0.378. The van der Waals surface area contributed by atoms with Crippen molar-refractivity contribution in [3.8, 4) is 0 Å². The van der Waals surface area contributed by atoms with Crippen LogP contribution in [0, 0.1) is 50.2 Å². The van der Waals surface area contributed by atoms with E-state index in [4.69, 9.17) is 56.8 Å². The Morgan fingerprint density at radius 1 is 0.543 bits per heavy atom. The van der Waals surface area contributed by atoms with Crippen molar-refractivity contribution in [3.63, 3.8) is 0 Å². The summed E-state index contributed by atoms with van der Waals surface area (Å²) in [6, 6.07) is 0. The molecule has 30 heteroatoms. The molecule has 0 aromatic heterocycles. The van der Waals surface area contributed by atoms with Gasteiger partial charge in [-0.25, -0.2) is 0 Å². The SMILES string of the molecule is CC(=O)O[C@H]1[C@H](O[C@H]2O[C@H](C)[C@@H](O[C@@H]3OC[C@@H](O)[C@H](O[C@@H]4OC[C@@H](O)[C@H](O)[C@H]4O)[C@H]3O)[C@H](O)[C@@H]2O)[C@@H](OC(=O)[C@]23CCC(C)(C)C[C@H]2C2=CC[C@@H]4[C@@]5(C)C[C@H](O)[C@H](O[C@@H]6O[C@H](CO)[C@@H](O)[C@H](O)[C@H]6O)[C@@](C)(C(=O)O)[C@@H]5CC[C@@]4(C)[C@]2(CO)CC3)O[C@@H](C)[C@H]1OC(C)=O. The number of esters is 3. The molecule has 524 valence electrons. The van der Waals surface area contributed by atoms with Crippen LogP contribution >= 0.6 is 0 Å². The van der Waals surface area contributed by atoms with Crippen LogP contribution in [0.4, 0.5) is 0 Å². The third kappa shape index (κ3) is 12.1. The molecule has 5 aliphatic heterocycles. The first-order chi connectivity index (χ1) is 43.1. The lowest BCUT2D eigenvalue weighted by Gasteiger charge is -2.71. The first-order valence-electron chi connectivity index (χ1n) is 32.1. The summed E-state index contributed by atoms with van der Waals surface area (Å²) in [7, 11) is 0. The molecule has 30 nitrogen and oxygen atoms in total. The van der Waals surface area contributed by atoms with Crippen LogP contribution < -0.4 is 0 Å². The van der Waals surface area contributed by atoms with Gasteiger partial charge in [-0.3, -0.25) is 19.2 Å². The number of ether oxygens (including phenoxy) is 12. The van der Waals surface area contributed by atoms with E-state index in [1.165, 1.54) is 20.8 Å². The Morgan fingerprint density at radius 2 is 1.11 bits per heavy atom. The van der Waals surface area contributed by atoms with Gasteiger partial charge < -0.3 is 128 Å². The first-order valence-corrected chi connectivity index (χ1v) is 32.1. The molecule has 0 radical (unpaired) electrons. The van der Waals surface area contributed by atoms with Crippen molar-refractivity contribution in [2.24, 2.45) is 50.2 Å². The van der Waals surface area contributed by atoms with E-state index in [1.807, 2.05) is 6.92 Å². The molecule has 0 aromatic carbocycles. The molecule has 0 unspecified atom stereocenters. The van der Waals surface area contributed by atoms with Crippen LogP contribution in [0.3, 0.4) is 0 Å². The van der Waals surface area contributed by atoms with E-state index >= 15 is 4.79 Å². The fourth-order valence-corrected chi connectivity index (χ4v) is 18.2. The van der Waals surface area contributed by atoms with Gasteiger partial charge in [-0.2, -0.15) is 0 Å². The number of carbonyl (C=O) groups excluding carboxylic acids is 3. The van der Waals surface area contributed by atoms with E-state index < -0.39 is 236 Å². The van der Waals surface area contributed by atoms with Crippen molar-refractivity contribution < 1.29 is 148 Å². The first kappa shape index (κ1) is 71.5. The van der Waals surface area contributed by atoms with Gasteiger partial charge in [0.2, 0.25) is 6.29 Å². The molecule has 10 aliphatic rings. The molecule has 10 rings (SSSR count). The second-order valence-corrected chi connectivity index (χ2v) is 29.2. The van der Waals surface area contributed by atoms with E-state index in [2.05, 4.69) is 26.8 Å². The lowest BCUT2D eigenvalue weighted by atomic mass is 9.33. The maximum Gasteiger partial charge on any atom is 0.315 e. The fourth-order valence-electron chi connectivity index (χ4n) is 18.2.